The second-order valence-corrected chi connectivity index (χ2v) is 7.11. The lowest BCUT2D eigenvalue weighted by atomic mass is 9.85. The third-order valence-electron chi connectivity index (χ3n) is 5.48. The van der Waals surface area contributed by atoms with Crippen molar-refractivity contribution in [2.24, 2.45) is 0 Å². The standard InChI is InChI=1S/C20H25N3O3/c24-20(25)18-14-21-23(19(18)15-5-2-1-3-6-15)17-8-4-7-16(13-17)22-9-11-26-12-10-22/h4,7-8,13-15H,1-3,5-6,9-12H2,(H,24,25). The molecule has 0 amide bonds. The zero-order chi connectivity index (χ0) is 17.9. The molecular formula is C20H25N3O3. The van der Waals surface area contributed by atoms with Gasteiger partial charge < -0.3 is 14.7 Å². The number of benzene rings is 1. The Morgan fingerprint density at radius 2 is 1.85 bits per heavy atom. The van der Waals surface area contributed by atoms with Gasteiger partial charge in [0.2, 0.25) is 0 Å². The van der Waals surface area contributed by atoms with E-state index in [4.69, 9.17) is 4.74 Å². The molecule has 1 aromatic heterocycles. The molecule has 0 radical (unpaired) electrons. The molecular weight excluding hydrogens is 330 g/mol. The highest BCUT2D eigenvalue weighted by Gasteiger charge is 2.27. The maximum atomic E-state index is 11.7. The summed E-state index contributed by atoms with van der Waals surface area (Å²) in [5, 5.41) is 14.1. The van der Waals surface area contributed by atoms with E-state index < -0.39 is 5.97 Å². The molecule has 6 heteroatoms. The largest absolute Gasteiger partial charge is 0.478 e. The first-order chi connectivity index (χ1) is 12.7. The van der Waals surface area contributed by atoms with E-state index >= 15 is 0 Å². The normalized spacial score (nSPS) is 18.8. The molecule has 1 aliphatic carbocycles. The second kappa shape index (κ2) is 7.50. The smallest absolute Gasteiger partial charge is 0.339 e. The third-order valence-corrected chi connectivity index (χ3v) is 5.48. The van der Waals surface area contributed by atoms with Crippen LogP contribution in [0.1, 0.15) is 54.1 Å². The van der Waals surface area contributed by atoms with Gasteiger partial charge in [-0.05, 0) is 31.0 Å². The van der Waals surface area contributed by atoms with E-state index in [2.05, 4.69) is 22.1 Å². The fourth-order valence-corrected chi connectivity index (χ4v) is 4.14. The second-order valence-electron chi connectivity index (χ2n) is 7.11. The summed E-state index contributed by atoms with van der Waals surface area (Å²) in [6, 6.07) is 8.23. The van der Waals surface area contributed by atoms with E-state index in [1.165, 1.54) is 12.6 Å². The molecule has 1 saturated heterocycles. The van der Waals surface area contributed by atoms with Crippen molar-refractivity contribution in [3.05, 3.63) is 41.7 Å². The van der Waals surface area contributed by atoms with E-state index in [1.807, 2.05) is 16.8 Å². The average Bonchev–Trinajstić information content (AvgIpc) is 3.15. The van der Waals surface area contributed by atoms with Crippen molar-refractivity contribution < 1.29 is 14.6 Å². The third kappa shape index (κ3) is 3.33. The maximum Gasteiger partial charge on any atom is 0.339 e. The van der Waals surface area contributed by atoms with Gasteiger partial charge in [0.05, 0.1) is 30.8 Å². The molecule has 26 heavy (non-hydrogen) atoms. The molecule has 2 fully saturated rings. The Balaban J connectivity index is 1.72. The Hall–Kier alpha value is -2.34. The minimum atomic E-state index is -0.888. The van der Waals surface area contributed by atoms with E-state index in [9.17, 15) is 9.90 Å². The molecule has 0 unspecified atom stereocenters. The van der Waals surface area contributed by atoms with Gasteiger partial charge in [-0.2, -0.15) is 5.10 Å². The van der Waals surface area contributed by atoms with Crippen LogP contribution in [0.5, 0.6) is 0 Å². The fraction of sp³-hybridized carbons (Fsp3) is 0.500. The van der Waals surface area contributed by atoms with Gasteiger partial charge in [0.15, 0.2) is 0 Å². The summed E-state index contributed by atoms with van der Waals surface area (Å²) in [5.41, 5.74) is 3.26. The van der Waals surface area contributed by atoms with Crippen LogP contribution in [0.4, 0.5) is 5.69 Å². The zero-order valence-corrected chi connectivity index (χ0v) is 14.9. The van der Waals surface area contributed by atoms with E-state index in [0.717, 1.165) is 69.1 Å². The number of anilines is 1. The molecule has 6 nitrogen and oxygen atoms in total. The Morgan fingerprint density at radius 1 is 1.12 bits per heavy atom. The molecule has 2 heterocycles. The van der Waals surface area contributed by atoms with Crippen LogP contribution in [-0.2, 0) is 4.74 Å². The first kappa shape index (κ1) is 17.1. The molecule has 1 saturated carbocycles. The first-order valence-electron chi connectivity index (χ1n) is 9.48. The summed E-state index contributed by atoms with van der Waals surface area (Å²) in [6.45, 7) is 3.22. The van der Waals surface area contributed by atoms with Crippen molar-refractivity contribution in [3.63, 3.8) is 0 Å². The Bertz CT molecular complexity index is 774. The van der Waals surface area contributed by atoms with Gasteiger partial charge in [-0.25, -0.2) is 9.48 Å². The number of carboxylic acid groups (broad SMARTS) is 1. The highest BCUT2D eigenvalue weighted by Crippen LogP contribution is 2.36. The summed E-state index contributed by atoms with van der Waals surface area (Å²) in [7, 11) is 0. The minimum absolute atomic E-state index is 0.268. The monoisotopic (exact) mass is 355 g/mol. The lowest BCUT2D eigenvalue weighted by Gasteiger charge is -2.29. The van der Waals surface area contributed by atoms with Gasteiger partial charge >= 0.3 is 5.97 Å². The van der Waals surface area contributed by atoms with Crippen molar-refractivity contribution in [1.82, 2.24) is 9.78 Å². The molecule has 2 aromatic rings. The predicted molar refractivity (Wildman–Crippen MR) is 99.4 cm³/mol. The van der Waals surface area contributed by atoms with Crippen LogP contribution in [0.3, 0.4) is 0 Å². The molecule has 1 aliphatic heterocycles. The van der Waals surface area contributed by atoms with Crippen molar-refractivity contribution in [1.29, 1.82) is 0 Å². The Labute approximate surface area is 153 Å². The first-order valence-corrected chi connectivity index (χ1v) is 9.48. The lowest BCUT2D eigenvalue weighted by molar-refractivity contribution is 0.0694. The number of aromatic carboxylic acids is 1. The zero-order valence-electron chi connectivity index (χ0n) is 14.9. The summed E-state index contributed by atoms with van der Waals surface area (Å²) >= 11 is 0. The van der Waals surface area contributed by atoms with Gasteiger partial charge in [-0.3, -0.25) is 0 Å². The fourth-order valence-electron chi connectivity index (χ4n) is 4.14. The predicted octanol–water partition coefficient (Wildman–Crippen LogP) is 3.45. The molecule has 138 valence electrons. The summed E-state index contributed by atoms with van der Waals surface area (Å²) in [4.78, 5) is 14.0. The number of carboxylic acids is 1. The quantitative estimate of drug-likeness (QED) is 0.910. The van der Waals surface area contributed by atoms with Crippen LogP contribution in [-0.4, -0.2) is 47.2 Å². The van der Waals surface area contributed by atoms with Crippen LogP contribution in [0, 0.1) is 0 Å². The van der Waals surface area contributed by atoms with Crippen LogP contribution < -0.4 is 4.90 Å². The van der Waals surface area contributed by atoms with Gasteiger partial charge in [0, 0.05) is 24.7 Å². The molecule has 1 N–H and O–H groups in total. The number of hydrogen-bond acceptors (Lipinski definition) is 4. The molecule has 0 spiro atoms. The van der Waals surface area contributed by atoms with Gasteiger partial charge in [0.1, 0.15) is 5.56 Å². The minimum Gasteiger partial charge on any atom is -0.478 e. The van der Waals surface area contributed by atoms with Crippen molar-refractivity contribution in [2.75, 3.05) is 31.2 Å². The maximum absolute atomic E-state index is 11.7. The highest BCUT2D eigenvalue weighted by atomic mass is 16.5. The number of hydrogen-bond donors (Lipinski definition) is 1. The van der Waals surface area contributed by atoms with Gasteiger partial charge in [-0.15, -0.1) is 0 Å². The highest BCUT2D eigenvalue weighted by molar-refractivity contribution is 5.89. The number of carbonyl (C=O) groups is 1. The molecule has 1 aromatic carbocycles. The molecule has 0 bridgehead atoms. The van der Waals surface area contributed by atoms with Gasteiger partial charge in [0.25, 0.3) is 0 Å². The number of ether oxygens (including phenoxy) is 1. The topological polar surface area (TPSA) is 67.6 Å². The van der Waals surface area contributed by atoms with Crippen LogP contribution >= 0.6 is 0 Å². The molecule has 4 rings (SSSR count). The average molecular weight is 355 g/mol. The van der Waals surface area contributed by atoms with E-state index in [0.29, 0.717) is 5.56 Å². The lowest BCUT2D eigenvalue weighted by Crippen LogP contribution is -2.36. The van der Waals surface area contributed by atoms with Gasteiger partial charge in [-0.1, -0.05) is 25.3 Å². The van der Waals surface area contributed by atoms with E-state index in [1.54, 1.807) is 0 Å². The van der Waals surface area contributed by atoms with Crippen molar-refractivity contribution >= 4 is 11.7 Å². The number of morpholine rings is 1. The van der Waals surface area contributed by atoms with Crippen LogP contribution in [0.15, 0.2) is 30.5 Å². The summed E-state index contributed by atoms with van der Waals surface area (Å²) in [6.07, 6.45) is 7.13. The number of rotatable bonds is 4. The van der Waals surface area contributed by atoms with Crippen molar-refractivity contribution in [2.45, 2.75) is 38.0 Å². The Kier molecular flexibility index (Phi) is 4.93. The molecule has 2 aliphatic rings. The van der Waals surface area contributed by atoms with Crippen molar-refractivity contribution in [3.8, 4) is 5.69 Å². The summed E-state index contributed by atoms with van der Waals surface area (Å²) < 4.78 is 7.29. The number of aromatic nitrogens is 2. The molecule has 0 atom stereocenters. The SMILES string of the molecule is O=C(O)c1cnn(-c2cccc(N3CCOCC3)c2)c1C1CCCCC1. The van der Waals surface area contributed by atoms with Crippen LogP contribution in [0.25, 0.3) is 5.69 Å². The number of nitrogens with zero attached hydrogens (tertiary/aromatic N) is 3. The summed E-state index contributed by atoms with van der Waals surface area (Å²) in [5.74, 6) is -0.620. The van der Waals surface area contributed by atoms with Crippen LogP contribution in [0.2, 0.25) is 0 Å². The Morgan fingerprint density at radius 3 is 2.58 bits per heavy atom. The van der Waals surface area contributed by atoms with E-state index in [-0.39, 0.29) is 5.92 Å².